The van der Waals surface area contributed by atoms with E-state index in [4.69, 9.17) is 10.5 Å². The highest BCUT2D eigenvalue weighted by Gasteiger charge is 2.49. The molecule has 1 saturated heterocycles. The number of nitrogens with two attached hydrogens (primary N) is 1. The van der Waals surface area contributed by atoms with Crippen LogP contribution in [0.5, 0.6) is 0 Å². The highest BCUT2D eigenvalue weighted by Crippen LogP contribution is 2.36. The van der Waals surface area contributed by atoms with E-state index in [2.05, 4.69) is 0 Å². The van der Waals surface area contributed by atoms with Gasteiger partial charge >= 0.3 is 0 Å². The molecule has 0 aromatic heterocycles. The molecule has 1 aliphatic heterocycles. The molecule has 4 nitrogen and oxygen atoms in total. The minimum absolute atomic E-state index is 0. The van der Waals surface area contributed by atoms with Crippen LogP contribution in [0.3, 0.4) is 0 Å². The average Bonchev–Trinajstić information content (AvgIpc) is 3.17. The maximum Gasteiger partial charge on any atom is 0.242 e. The summed E-state index contributed by atoms with van der Waals surface area (Å²) in [5.74, 6) is 0.0866. The Bertz CT molecular complexity index is 476. The van der Waals surface area contributed by atoms with Gasteiger partial charge in [-0.05, 0) is 25.3 Å². The van der Waals surface area contributed by atoms with Crippen LogP contribution in [0, 0.1) is 0 Å². The van der Waals surface area contributed by atoms with E-state index in [1.165, 1.54) is 0 Å². The molecular weight excluding hydrogens is 276 g/mol. The minimum Gasteiger partial charge on any atom is -0.367 e. The van der Waals surface area contributed by atoms with Crippen molar-refractivity contribution in [2.75, 3.05) is 13.1 Å². The van der Waals surface area contributed by atoms with E-state index in [0.29, 0.717) is 13.1 Å². The van der Waals surface area contributed by atoms with E-state index in [1.807, 2.05) is 42.2 Å². The van der Waals surface area contributed by atoms with Crippen molar-refractivity contribution in [3.8, 4) is 0 Å². The Morgan fingerprint density at radius 3 is 2.55 bits per heavy atom. The first kappa shape index (κ1) is 15.3. The summed E-state index contributed by atoms with van der Waals surface area (Å²) in [6, 6.07) is 10.1. The monoisotopic (exact) mass is 296 g/mol. The lowest BCUT2D eigenvalue weighted by atomic mass is 10.1. The number of carbonyl (C=O) groups excluding carboxylic acids is 1. The van der Waals surface area contributed by atoms with Crippen molar-refractivity contribution in [1.29, 1.82) is 0 Å². The van der Waals surface area contributed by atoms with Gasteiger partial charge in [-0.15, -0.1) is 12.4 Å². The smallest absolute Gasteiger partial charge is 0.242 e. The van der Waals surface area contributed by atoms with E-state index >= 15 is 0 Å². The van der Waals surface area contributed by atoms with Crippen molar-refractivity contribution >= 4 is 18.3 Å². The van der Waals surface area contributed by atoms with Gasteiger partial charge < -0.3 is 15.4 Å². The van der Waals surface area contributed by atoms with E-state index < -0.39 is 5.54 Å². The van der Waals surface area contributed by atoms with Crippen molar-refractivity contribution in [3.63, 3.8) is 0 Å². The van der Waals surface area contributed by atoms with Crippen LogP contribution in [0.1, 0.15) is 31.4 Å². The molecule has 2 unspecified atom stereocenters. The number of halogens is 1. The van der Waals surface area contributed by atoms with Crippen LogP contribution in [-0.2, 0) is 9.53 Å². The molecule has 0 spiro atoms. The number of amides is 1. The first-order valence-electron chi connectivity index (χ1n) is 6.87. The maximum atomic E-state index is 12.3. The van der Waals surface area contributed by atoms with Crippen LogP contribution >= 0.6 is 12.4 Å². The van der Waals surface area contributed by atoms with Gasteiger partial charge in [0.2, 0.25) is 5.91 Å². The molecular formula is C15H21ClN2O2. The molecule has 1 aromatic carbocycles. The second kappa shape index (κ2) is 5.72. The molecule has 1 aromatic rings. The number of benzene rings is 1. The Labute approximate surface area is 125 Å². The largest absolute Gasteiger partial charge is 0.367 e. The molecule has 5 heteroatoms. The van der Waals surface area contributed by atoms with Crippen LogP contribution in [0.25, 0.3) is 0 Å². The summed E-state index contributed by atoms with van der Waals surface area (Å²) < 4.78 is 5.95. The lowest BCUT2D eigenvalue weighted by Crippen LogP contribution is -2.52. The minimum atomic E-state index is -0.585. The third-order valence-corrected chi connectivity index (χ3v) is 3.93. The third kappa shape index (κ3) is 2.97. The van der Waals surface area contributed by atoms with Crippen molar-refractivity contribution in [2.45, 2.75) is 37.5 Å². The Morgan fingerprint density at radius 1 is 1.30 bits per heavy atom. The number of nitrogens with zero attached hydrogens (tertiary/aromatic N) is 1. The number of morpholine rings is 1. The van der Waals surface area contributed by atoms with Gasteiger partial charge in [-0.1, -0.05) is 30.3 Å². The molecule has 1 heterocycles. The maximum absolute atomic E-state index is 12.3. The highest BCUT2D eigenvalue weighted by atomic mass is 35.5. The van der Waals surface area contributed by atoms with Crippen LogP contribution in [0.2, 0.25) is 0 Å². The first-order chi connectivity index (χ1) is 9.08. The zero-order valence-electron chi connectivity index (χ0n) is 11.6. The third-order valence-electron chi connectivity index (χ3n) is 3.93. The summed E-state index contributed by atoms with van der Waals surface area (Å²) >= 11 is 0. The standard InChI is InChI=1S/C15H20N2O2.ClH/c1-11-9-17(14(18)15(16)7-8-15)10-13(19-11)12-5-3-2-4-6-12;/h2-6,11,13H,7-10,16H2,1H3;1H. The number of hydrogen-bond donors (Lipinski definition) is 1. The lowest BCUT2D eigenvalue weighted by Gasteiger charge is -2.38. The summed E-state index contributed by atoms with van der Waals surface area (Å²) in [4.78, 5) is 14.2. The fourth-order valence-electron chi connectivity index (χ4n) is 2.63. The summed E-state index contributed by atoms with van der Waals surface area (Å²) in [7, 11) is 0. The molecule has 20 heavy (non-hydrogen) atoms. The van der Waals surface area contributed by atoms with Crippen molar-refractivity contribution in [3.05, 3.63) is 35.9 Å². The zero-order valence-corrected chi connectivity index (χ0v) is 12.4. The van der Waals surface area contributed by atoms with Gasteiger partial charge in [0.05, 0.1) is 18.2 Å². The van der Waals surface area contributed by atoms with Gasteiger partial charge in [0, 0.05) is 6.54 Å². The molecule has 1 saturated carbocycles. The normalized spacial score (nSPS) is 27.6. The summed E-state index contributed by atoms with van der Waals surface area (Å²) in [6.07, 6.45) is 1.63. The Morgan fingerprint density at radius 2 is 1.95 bits per heavy atom. The van der Waals surface area contributed by atoms with Crippen LogP contribution in [0.4, 0.5) is 0 Å². The Balaban J connectivity index is 0.00000147. The summed E-state index contributed by atoms with van der Waals surface area (Å²) in [5, 5.41) is 0. The van der Waals surface area contributed by atoms with Gasteiger partial charge in [-0.3, -0.25) is 4.79 Å². The molecule has 2 aliphatic rings. The van der Waals surface area contributed by atoms with Crippen LogP contribution in [0.15, 0.2) is 30.3 Å². The van der Waals surface area contributed by atoms with Crippen LogP contribution < -0.4 is 5.73 Å². The highest BCUT2D eigenvalue weighted by molar-refractivity contribution is 5.89. The fourth-order valence-corrected chi connectivity index (χ4v) is 2.63. The first-order valence-corrected chi connectivity index (χ1v) is 6.87. The number of carbonyl (C=O) groups is 1. The Hall–Kier alpha value is -1.10. The van der Waals surface area contributed by atoms with Crippen molar-refractivity contribution in [1.82, 2.24) is 4.90 Å². The van der Waals surface area contributed by atoms with E-state index in [-0.39, 0.29) is 30.5 Å². The zero-order chi connectivity index (χ0) is 13.5. The van der Waals surface area contributed by atoms with Crippen molar-refractivity contribution in [2.24, 2.45) is 5.73 Å². The van der Waals surface area contributed by atoms with E-state index in [0.717, 1.165) is 18.4 Å². The van der Waals surface area contributed by atoms with Gasteiger partial charge in [-0.2, -0.15) is 0 Å². The van der Waals surface area contributed by atoms with Gasteiger partial charge in [0.25, 0.3) is 0 Å². The Kier molecular flexibility index (Phi) is 4.37. The molecule has 1 amide bonds. The van der Waals surface area contributed by atoms with Gasteiger partial charge in [-0.25, -0.2) is 0 Å². The molecule has 110 valence electrons. The number of hydrogen-bond acceptors (Lipinski definition) is 3. The lowest BCUT2D eigenvalue weighted by molar-refractivity contribution is -0.147. The summed E-state index contributed by atoms with van der Waals surface area (Å²) in [6.45, 7) is 3.25. The van der Waals surface area contributed by atoms with Gasteiger partial charge in [0.15, 0.2) is 0 Å². The molecule has 0 radical (unpaired) electrons. The molecule has 0 bridgehead atoms. The van der Waals surface area contributed by atoms with Crippen LogP contribution in [-0.4, -0.2) is 35.5 Å². The number of rotatable bonds is 2. The van der Waals surface area contributed by atoms with Crippen molar-refractivity contribution < 1.29 is 9.53 Å². The molecule has 1 aliphatic carbocycles. The summed E-state index contributed by atoms with van der Waals surface area (Å²) in [5.41, 5.74) is 6.55. The molecule has 2 N–H and O–H groups in total. The predicted molar refractivity (Wildman–Crippen MR) is 79.7 cm³/mol. The van der Waals surface area contributed by atoms with Gasteiger partial charge in [0.1, 0.15) is 6.10 Å². The second-order valence-corrected chi connectivity index (χ2v) is 5.71. The molecule has 2 fully saturated rings. The number of ether oxygens (including phenoxy) is 1. The topological polar surface area (TPSA) is 55.6 Å². The quantitative estimate of drug-likeness (QED) is 0.907. The average molecular weight is 297 g/mol. The van der Waals surface area contributed by atoms with E-state index in [9.17, 15) is 4.79 Å². The fraction of sp³-hybridized carbons (Fsp3) is 0.533. The second-order valence-electron chi connectivity index (χ2n) is 5.71. The predicted octanol–water partition coefficient (Wildman–Crippen LogP) is 1.89. The van der Waals surface area contributed by atoms with E-state index in [1.54, 1.807) is 0 Å². The molecule has 3 rings (SSSR count). The molecule has 2 atom stereocenters. The SMILES string of the molecule is CC1CN(C(=O)C2(N)CC2)CC(c2ccccc2)O1.Cl.